The summed E-state index contributed by atoms with van der Waals surface area (Å²) in [7, 11) is 2.42. The van der Waals surface area contributed by atoms with Crippen LogP contribution >= 0.6 is 0 Å². The van der Waals surface area contributed by atoms with Crippen LogP contribution < -0.4 is 0 Å². The summed E-state index contributed by atoms with van der Waals surface area (Å²) in [5, 5.41) is 9.52. The predicted octanol–water partition coefficient (Wildman–Crippen LogP) is 1.29. The van der Waals surface area contributed by atoms with Crippen molar-refractivity contribution in [3.8, 4) is 23.7 Å². The fourth-order valence-electron chi connectivity index (χ4n) is 1.70. The zero-order chi connectivity index (χ0) is 16.5. The van der Waals surface area contributed by atoms with Gasteiger partial charge in [-0.3, -0.25) is 9.59 Å². The molecule has 21 heavy (non-hydrogen) atoms. The minimum Gasteiger partial charge on any atom is -0.468 e. The number of carbonyl (C=O) groups is 2. The lowest BCUT2D eigenvalue weighted by Gasteiger charge is -2.25. The third-order valence-corrected chi connectivity index (χ3v) is 2.79. The molecule has 0 fully saturated rings. The Balaban J connectivity index is 5.33. The molecular weight excluding hydrogens is 272 g/mol. The van der Waals surface area contributed by atoms with E-state index in [4.69, 9.17) is 9.47 Å². The number of hydrogen-bond acceptors (Lipinski definition) is 5. The summed E-state index contributed by atoms with van der Waals surface area (Å²) in [5.41, 5.74) is -2.61. The molecule has 0 saturated heterocycles. The molecule has 0 aliphatic carbocycles. The van der Waals surface area contributed by atoms with Crippen LogP contribution in [0.25, 0.3) is 0 Å². The van der Waals surface area contributed by atoms with Crippen molar-refractivity contribution in [3.05, 3.63) is 0 Å². The first-order chi connectivity index (χ1) is 9.73. The van der Waals surface area contributed by atoms with Crippen LogP contribution in [0.2, 0.25) is 0 Å². The van der Waals surface area contributed by atoms with Gasteiger partial charge in [0, 0.05) is 12.8 Å². The van der Waals surface area contributed by atoms with E-state index in [0.29, 0.717) is 0 Å². The highest BCUT2D eigenvalue weighted by molar-refractivity contribution is 6.00. The molecule has 0 rings (SSSR count). The molecule has 0 aromatic rings. The van der Waals surface area contributed by atoms with Crippen LogP contribution in [0.5, 0.6) is 0 Å². The van der Waals surface area contributed by atoms with E-state index in [9.17, 15) is 14.7 Å². The highest BCUT2D eigenvalue weighted by Crippen LogP contribution is 2.31. The van der Waals surface area contributed by atoms with Crippen LogP contribution in [0.15, 0.2) is 0 Å². The molecule has 0 heterocycles. The van der Waals surface area contributed by atoms with Crippen LogP contribution in [0.3, 0.4) is 0 Å². The van der Waals surface area contributed by atoms with Gasteiger partial charge in [0.1, 0.15) is 5.60 Å². The minimum absolute atomic E-state index is 0.00699. The molecule has 0 amide bonds. The van der Waals surface area contributed by atoms with Crippen molar-refractivity contribution in [2.24, 2.45) is 5.41 Å². The standard InChI is InChI=1S/C16H22O5/c1-6-7-11-16(13(17)20-4,14(18)21-5)12-9-8-10-15(2,3)19/h19H,9,11-12H2,1-5H3. The van der Waals surface area contributed by atoms with Gasteiger partial charge < -0.3 is 14.6 Å². The fourth-order valence-corrected chi connectivity index (χ4v) is 1.70. The summed E-state index contributed by atoms with van der Waals surface area (Å²) < 4.78 is 9.46. The summed E-state index contributed by atoms with van der Waals surface area (Å²) >= 11 is 0. The van der Waals surface area contributed by atoms with E-state index in [1.54, 1.807) is 20.8 Å². The van der Waals surface area contributed by atoms with Gasteiger partial charge in [0.2, 0.25) is 0 Å². The Bertz CT molecular complexity index is 475. The van der Waals surface area contributed by atoms with Crippen LogP contribution in [-0.4, -0.2) is 36.9 Å². The van der Waals surface area contributed by atoms with Crippen molar-refractivity contribution in [1.29, 1.82) is 0 Å². The summed E-state index contributed by atoms with van der Waals surface area (Å²) in [6.45, 7) is 4.72. The highest BCUT2D eigenvalue weighted by Gasteiger charge is 2.47. The average molecular weight is 294 g/mol. The molecule has 0 atom stereocenters. The van der Waals surface area contributed by atoms with Gasteiger partial charge in [0.05, 0.1) is 14.2 Å². The first-order valence-corrected chi connectivity index (χ1v) is 6.52. The summed E-state index contributed by atoms with van der Waals surface area (Å²) in [6, 6.07) is 0. The van der Waals surface area contributed by atoms with Crippen molar-refractivity contribution in [2.75, 3.05) is 14.2 Å². The largest absolute Gasteiger partial charge is 0.468 e. The molecule has 0 aromatic heterocycles. The van der Waals surface area contributed by atoms with Gasteiger partial charge in [-0.1, -0.05) is 5.92 Å². The van der Waals surface area contributed by atoms with E-state index in [0.717, 1.165) is 0 Å². The Kier molecular flexibility index (Phi) is 7.55. The number of methoxy groups -OCH3 is 2. The molecule has 0 aromatic carbocycles. The first-order valence-electron chi connectivity index (χ1n) is 6.52. The van der Waals surface area contributed by atoms with Crippen molar-refractivity contribution < 1.29 is 24.2 Å². The number of rotatable bonds is 5. The molecule has 5 heteroatoms. The smallest absolute Gasteiger partial charge is 0.324 e. The van der Waals surface area contributed by atoms with Crippen LogP contribution in [0.1, 0.15) is 40.0 Å². The molecule has 0 radical (unpaired) electrons. The Morgan fingerprint density at radius 2 is 1.62 bits per heavy atom. The molecule has 0 saturated carbocycles. The average Bonchev–Trinajstić information content (AvgIpc) is 2.44. The molecule has 0 spiro atoms. The van der Waals surface area contributed by atoms with Crippen LogP contribution in [0, 0.1) is 29.1 Å². The Labute approximate surface area is 126 Å². The summed E-state index contributed by atoms with van der Waals surface area (Å²) in [6.07, 6.45) is 0.358. The van der Waals surface area contributed by atoms with Gasteiger partial charge in [-0.15, -0.1) is 17.8 Å². The van der Waals surface area contributed by atoms with Gasteiger partial charge in [-0.05, 0) is 27.2 Å². The summed E-state index contributed by atoms with van der Waals surface area (Å²) in [5.74, 6) is 9.38. The third-order valence-electron chi connectivity index (χ3n) is 2.79. The zero-order valence-corrected chi connectivity index (χ0v) is 13.2. The van der Waals surface area contributed by atoms with Crippen molar-refractivity contribution in [3.63, 3.8) is 0 Å². The zero-order valence-electron chi connectivity index (χ0n) is 13.2. The molecule has 0 aliphatic rings. The van der Waals surface area contributed by atoms with Gasteiger partial charge in [-0.25, -0.2) is 0 Å². The predicted molar refractivity (Wildman–Crippen MR) is 77.8 cm³/mol. The molecule has 0 unspecified atom stereocenters. The first kappa shape index (κ1) is 19.0. The molecule has 1 N–H and O–H groups in total. The summed E-state index contributed by atoms with van der Waals surface area (Å²) in [4.78, 5) is 24.1. The maximum absolute atomic E-state index is 12.0. The molecule has 116 valence electrons. The lowest BCUT2D eigenvalue weighted by Crippen LogP contribution is -2.41. The highest BCUT2D eigenvalue weighted by atomic mass is 16.5. The van der Waals surface area contributed by atoms with E-state index in [1.165, 1.54) is 14.2 Å². The van der Waals surface area contributed by atoms with E-state index in [2.05, 4.69) is 23.7 Å². The van der Waals surface area contributed by atoms with Gasteiger partial charge in [-0.2, -0.15) is 0 Å². The second-order valence-electron chi connectivity index (χ2n) is 5.03. The molecular formula is C16H22O5. The van der Waals surface area contributed by atoms with E-state index < -0.39 is 23.0 Å². The van der Waals surface area contributed by atoms with Crippen molar-refractivity contribution >= 4 is 11.9 Å². The lowest BCUT2D eigenvalue weighted by atomic mass is 9.80. The van der Waals surface area contributed by atoms with Crippen molar-refractivity contribution in [2.45, 2.75) is 45.6 Å². The quantitative estimate of drug-likeness (QED) is 0.470. The molecule has 0 aliphatic heterocycles. The number of hydrogen-bond donors (Lipinski definition) is 1. The maximum Gasteiger partial charge on any atom is 0.324 e. The van der Waals surface area contributed by atoms with Gasteiger partial charge >= 0.3 is 11.9 Å². The second kappa shape index (κ2) is 8.34. The van der Waals surface area contributed by atoms with Crippen LogP contribution in [-0.2, 0) is 19.1 Å². The van der Waals surface area contributed by atoms with Gasteiger partial charge in [0.15, 0.2) is 5.41 Å². The Morgan fingerprint density at radius 3 is 2.00 bits per heavy atom. The Hall–Kier alpha value is -1.98. The van der Waals surface area contributed by atoms with E-state index in [-0.39, 0.29) is 19.3 Å². The topological polar surface area (TPSA) is 72.8 Å². The van der Waals surface area contributed by atoms with Gasteiger partial charge in [0.25, 0.3) is 0 Å². The maximum atomic E-state index is 12.0. The van der Waals surface area contributed by atoms with Crippen molar-refractivity contribution in [1.82, 2.24) is 0 Å². The van der Waals surface area contributed by atoms with E-state index in [1.807, 2.05) is 0 Å². The monoisotopic (exact) mass is 294 g/mol. The SMILES string of the molecule is CC#CCC(CCC#CC(C)(C)O)(C(=O)OC)C(=O)OC. The third kappa shape index (κ3) is 5.89. The molecule has 5 nitrogen and oxygen atoms in total. The molecule has 0 bridgehead atoms. The lowest BCUT2D eigenvalue weighted by molar-refractivity contribution is -0.169. The Morgan fingerprint density at radius 1 is 1.10 bits per heavy atom. The number of aliphatic hydroxyl groups is 1. The fraction of sp³-hybridized carbons (Fsp3) is 0.625. The minimum atomic E-state index is -1.49. The normalized spacial score (nSPS) is 10.6. The number of esters is 2. The number of carbonyl (C=O) groups excluding carboxylic acids is 2. The second-order valence-corrected chi connectivity index (χ2v) is 5.03. The number of ether oxygens (including phenoxy) is 2. The van der Waals surface area contributed by atoms with Crippen LogP contribution in [0.4, 0.5) is 0 Å². The van der Waals surface area contributed by atoms with E-state index >= 15 is 0 Å².